The maximum Gasteiger partial charge on any atom is 0.238 e. The van der Waals surface area contributed by atoms with Crippen LogP contribution in [0.5, 0.6) is 0 Å². The van der Waals surface area contributed by atoms with Crippen LogP contribution in [0, 0.1) is 0 Å². The second-order valence-corrected chi connectivity index (χ2v) is 3.53. The van der Waals surface area contributed by atoms with Crippen LogP contribution in [-0.4, -0.2) is 14.3 Å². The summed E-state index contributed by atoms with van der Waals surface area (Å²) in [6, 6.07) is 0. The Labute approximate surface area is 54.4 Å². The maximum atomic E-state index is 5.17. The van der Waals surface area contributed by atoms with Crippen LogP contribution in [0.15, 0.2) is 0 Å². The number of hydrogen-bond donors (Lipinski definition) is 1. The van der Waals surface area contributed by atoms with Gasteiger partial charge in [0.25, 0.3) is 0 Å². The molecule has 0 bridgehead atoms. The summed E-state index contributed by atoms with van der Waals surface area (Å²) in [6.07, 6.45) is 0. The molecular formula is CH4Cl3NSi. The Morgan fingerprint density at radius 2 is 1.50 bits per heavy atom. The maximum absolute atomic E-state index is 5.17. The molecule has 6 heavy (non-hydrogen) atoms. The Kier molecular flexibility index (Phi) is 2.79. The van der Waals surface area contributed by atoms with Crippen molar-refractivity contribution in [3.8, 4) is 0 Å². The van der Waals surface area contributed by atoms with Gasteiger partial charge in [-0.1, -0.05) is 34.8 Å². The molecule has 38 valence electrons. The fourth-order valence-corrected chi connectivity index (χ4v) is 0. The van der Waals surface area contributed by atoms with Gasteiger partial charge in [0.1, 0.15) is 0 Å². The Hall–Kier alpha value is 1.05. The van der Waals surface area contributed by atoms with Crippen molar-refractivity contribution in [1.29, 1.82) is 0 Å². The topological polar surface area (TPSA) is 12.0 Å². The highest BCUT2D eigenvalue weighted by Gasteiger charge is 2.13. The van der Waals surface area contributed by atoms with Crippen LogP contribution in [0.3, 0.4) is 0 Å². The van der Waals surface area contributed by atoms with Crippen molar-refractivity contribution in [2.75, 3.05) is 0 Å². The summed E-state index contributed by atoms with van der Waals surface area (Å²) >= 11 is 15.5. The molecule has 0 aromatic heterocycles. The van der Waals surface area contributed by atoms with E-state index in [-0.39, 0.29) is 0 Å². The third-order valence-electron chi connectivity index (χ3n) is 0.283. The fraction of sp³-hybridized carbons (Fsp3) is 1.00. The Balaban J connectivity index is 3.17. The first-order valence-electron chi connectivity index (χ1n) is 1.32. The largest absolute Gasteiger partial charge is 0.303 e. The molecule has 0 spiro atoms. The smallest absolute Gasteiger partial charge is 0.238 e. The number of alkyl halides is 3. The average Bonchev–Trinajstić information content (AvgIpc) is 1.35. The van der Waals surface area contributed by atoms with E-state index >= 15 is 0 Å². The number of hydrogen-bond acceptors (Lipinski definition) is 1. The van der Waals surface area contributed by atoms with E-state index in [9.17, 15) is 0 Å². The minimum Gasteiger partial charge on any atom is -0.303 e. The first kappa shape index (κ1) is 7.05. The van der Waals surface area contributed by atoms with Gasteiger partial charge in [-0.05, 0) is 0 Å². The summed E-state index contributed by atoms with van der Waals surface area (Å²) in [4.78, 5) is 2.54. The summed E-state index contributed by atoms with van der Waals surface area (Å²) in [5.41, 5.74) is 0. The van der Waals surface area contributed by atoms with E-state index in [1.54, 1.807) is 0 Å². The van der Waals surface area contributed by atoms with Gasteiger partial charge in [-0.25, -0.2) is 0 Å². The number of nitrogens with one attached hydrogen (secondary N) is 1. The highest BCUT2D eigenvalue weighted by atomic mass is 35.6. The Bertz CT molecular complexity index is 40.5. The van der Waals surface area contributed by atoms with Gasteiger partial charge in [0, 0.05) is 0 Å². The Morgan fingerprint density at radius 1 is 1.33 bits per heavy atom. The molecule has 0 aliphatic carbocycles. The highest BCUT2D eigenvalue weighted by molar-refractivity contribution is 6.68. The molecule has 1 nitrogen and oxygen atoms in total. The standard InChI is InChI=1S/CH4Cl3NSi/c2-1(3,4)5-6/h5H,6H3. The molecule has 5 heteroatoms. The van der Waals surface area contributed by atoms with E-state index in [2.05, 4.69) is 4.98 Å². The zero-order valence-corrected chi connectivity index (χ0v) is 7.40. The molecule has 0 rings (SSSR count). The minimum absolute atomic E-state index is 0.702. The third kappa shape index (κ3) is 5.05. The molecule has 0 heterocycles. The molecule has 0 aromatic rings. The summed E-state index contributed by atoms with van der Waals surface area (Å²) < 4.78 is -1.23. The van der Waals surface area contributed by atoms with E-state index in [0.29, 0.717) is 10.4 Å². The molecule has 0 aliphatic heterocycles. The second kappa shape index (κ2) is 2.38. The van der Waals surface area contributed by atoms with Crippen molar-refractivity contribution in [2.45, 2.75) is 3.92 Å². The molecule has 0 unspecified atom stereocenters. The molecule has 0 aliphatic rings. The zero-order valence-electron chi connectivity index (χ0n) is 3.13. The lowest BCUT2D eigenvalue weighted by atomic mass is 11.5. The lowest BCUT2D eigenvalue weighted by Gasteiger charge is -2.05. The summed E-state index contributed by atoms with van der Waals surface area (Å²) in [6.45, 7) is 0. The number of halogens is 3. The van der Waals surface area contributed by atoms with Gasteiger partial charge in [0.2, 0.25) is 3.92 Å². The monoisotopic (exact) mass is 163 g/mol. The first-order chi connectivity index (χ1) is 2.56. The molecule has 0 amide bonds. The average molecular weight is 164 g/mol. The van der Waals surface area contributed by atoms with E-state index in [4.69, 9.17) is 34.8 Å². The lowest BCUT2D eigenvalue weighted by molar-refractivity contribution is 1.03. The highest BCUT2D eigenvalue weighted by Crippen LogP contribution is 2.19. The van der Waals surface area contributed by atoms with Gasteiger partial charge in [-0.2, -0.15) is 0 Å². The molecule has 0 atom stereocenters. The van der Waals surface area contributed by atoms with Crippen molar-refractivity contribution in [2.24, 2.45) is 0 Å². The summed E-state index contributed by atoms with van der Waals surface area (Å²) in [5.74, 6) is 0. The van der Waals surface area contributed by atoms with E-state index < -0.39 is 3.92 Å². The molecule has 0 fully saturated rings. The predicted molar refractivity (Wildman–Crippen MR) is 33.4 cm³/mol. The van der Waals surface area contributed by atoms with Crippen molar-refractivity contribution in [3.05, 3.63) is 0 Å². The fourth-order valence-electron chi connectivity index (χ4n) is 0. The van der Waals surface area contributed by atoms with Crippen LogP contribution in [0.25, 0.3) is 0 Å². The third-order valence-corrected chi connectivity index (χ3v) is 2.55. The molecular weight excluding hydrogens is 160 g/mol. The second-order valence-electron chi connectivity index (χ2n) is 0.748. The summed E-state index contributed by atoms with van der Waals surface area (Å²) in [5, 5.41) is 0. The van der Waals surface area contributed by atoms with Crippen LogP contribution in [-0.2, 0) is 0 Å². The molecule has 0 aromatic carbocycles. The van der Waals surface area contributed by atoms with Crippen LogP contribution in [0.1, 0.15) is 0 Å². The molecule has 0 radical (unpaired) electrons. The first-order valence-corrected chi connectivity index (χ1v) is 3.45. The van der Waals surface area contributed by atoms with Gasteiger partial charge >= 0.3 is 0 Å². The minimum atomic E-state index is -1.23. The van der Waals surface area contributed by atoms with E-state index in [1.165, 1.54) is 0 Å². The number of rotatable bonds is 0. The van der Waals surface area contributed by atoms with Crippen molar-refractivity contribution in [3.63, 3.8) is 0 Å². The van der Waals surface area contributed by atoms with Crippen molar-refractivity contribution < 1.29 is 0 Å². The van der Waals surface area contributed by atoms with Gasteiger partial charge in [-0.15, -0.1) is 0 Å². The zero-order chi connectivity index (χ0) is 5.21. The molecule has 0 saturated heterocycles. The Morgan fingerprint density at radius 3 is 1.50 bits per heavy atom. The van der Waals surface area contributed by atoms with E-state index in [0.717, 1.165) is 0 Å². The normalized spacial score (nSPS) is 12.5. The van der Waals surface area contributed by atoms with Gasteiger partial charge in [-0.3, -0.25) is 0 Å². The van der Waals surface area contributed by atoms with Crippen molar-refractivity contribution >= 4 is 45.2 Å². The van der Waals surface area contributed by atoms with Crippen LogP contribution in [0.2, 0.25) is 0 Å². The van der Waals surface area contributed by atoms with Crippen molar-refractivity contribution in [1.82, 2.24) is 4.98 Å². The van der Waals surface area contributed by atoms with Gasteiger partial charge < -0.3 is 4.98 Å². The molecule has 1 N–H and O–H groups in total. The lowest BCUT2D eigenvalue weighted by Crippen LogP contribution is -2.24. The van der Waals surface area contributed by atoms with Crippen LogP contribution >= 0.6 is 34.8 Å². The van der Waals surface area contributed by atoms with Gasteiger partial charge in [0.05, 0.1) is 10.4 Å². The van der Waals surface area contributed by atoms with E-state index in [1.807, 2.05) is 0 Å². The SMILES string of the molecule is [SiH3]NC(Cl)(Cl)Cl. The van der Waals surface area contributed by atoms with Crippen LogP contribution in [0.4, 0.5) is 0 Å². The van der Waals surface area contributed by atoms with Gasteiger partial charge in [0.15, 0.2) is 0 Å². The summed E-state index contributed by atoms with van der Waals surface area (Å²) in [7, 11) is 0.702. The quantitative estimate of drug-likeness (QED) is 0.306. The van der Waals surface area contributed by atoms with Crippen LogP contribution < -0.4 is 4.98 Å². The predicted octanol–water partition coefficient (Wildman–Crippen LogP) is 0.184. The molecule has 0 saturated carbocycles.